The van der Waals surface area contributed by atoms with Crippen molar-refractivity contribution in [3.63, 3.8) is 0 Å². The molecule has 0 saturated carbocycles. The van der Waals surface area contributed by atoms with Crippen molar-refractivity contribution in [1.82, 2.24) is 19.8 Å². The van der Waals surface area contributed by atoms with Gasteiger partial charge in [-0.2, -0.15) is 0 Å². The number of nitrogens with zero attached hydrogens (tertiary/aromatic N) is 3. The lowest BCUT2D eigenvalue weighted by Gasteiger charge is -2.24. The number of hydrogen-bond donors (Lipinski definition) is 1. The standard InChI is InChI=1S/C16H21ClN4O2/c1-20(2)6-7-21(10-13-9-18-11-19-13)16(22)14-5-4-12(17)8-15(14)23-3/h4-5,8-9,11H,6-7,10H2,1-3H3,(H,18,19). The number of hydrogen-bond acceptors (Lipinski definition) is 4. The lowest BCUT2D eigenvalue weighted by atomic mass is 10.1. The fourth-order valence-corrected chi connectivity index (χ4v) is 2.32. The van der Waals surface area contributed by atoms with E-state index in [1.165, 1.54) is 7.11 Å². The first-order valence-corrected chi connectivity index (χ1v) is 7.64. The second kappa shape index (κ2) is 7.99. The van der Waals surface area contributed by atoms with E-state index in [1.54, 1.807) is 35.6 Å². The second-order valence-corrected chi connectivity index (χ2v) is 5.89. The van der Waals surface area contributed by atoms with Crippen LogP contribution >= 0.6 is 11.6 Å². The zero-order valence-corrected chi connectivity index (χ0v) is 14.3. The van der Waals surface area contributed by atoms with Crippen LogP contribution in [0.2, 0.25) is 5.02 Å². The number of aromatic nitrogens is 2. The summed E-state index contributed by atoms with van der Waals surface area (Å²) >= 11 is 5.97. The zero-order valence-electron chi connectivity index (χ0n) is 13.5. The highest BCUT2D eigenvalue weighted by Crippen LogP contribution is 2.24. The number of halogens is 1. The van der Waals surface area contributed by atoms with Gasteiger partial charge in [-0.1, -0.05) is 11.6 Å². The van der Waals surface area contributed by atoms with Gasteiger partial charge in [0.1, 0.15) is 5.75 Å². The molecule has 1 heterocycles. The lowest BCUT2D eigenvalue weighted by molar-refractivity contribution is 0.0726. The van der Waals surface area contributed by atoms with E-state index in [0.717, 1.165) is 12.2 Å². The number of carbonyl (C=O) groups excluding carboxylic acids is 1. The first kappa shape index (κ1) is 17.3. The molecule has 124 valence electrons. The van der Waals surface area contributed by atoms with Crippen LogP contribution in [0, 0.1) is 0 Å². The fourth-order valence-electron chi connectivity index (χ4n) is 2.16. The molecule has 2 aromatic rings. The highest BCUT2D eigenvalue weighted by Gasteiger charge is 2.20. The molecule has 0 atom stereocenters. The summed E-state index contributed by atoms with van der Waals surface area (Å²) in [5.41, 5.74) is 1.38. The molecule has 7 heteroatoms. The molecule has 1 aromatic heterocycles. The van der Waals surface area contributed by atoms with E-state index in [1.807, 2.05) is 19.0 Å². The van der Waals surface area contributed by atoms with Gasteiger partial charge in [-0.15, -0.1) is 0 Å². The lowest BCUT2D eigenvalue weighted by Crippen LogP contribution is -2.36. The number of benzene rings is 1. The molecule has 2 rings (SSSR count). The number of ether oxygens (including phenoxy) is 1. The maximum atomic E-state index is 12.9. The van der Waals surface area contributed by atoms with Crippen molar-refractivity contribution in [2.24, 2.45) is 0 Å². The molecule has 0 saturated heterocycles. The van der Waals surface area contributed by atoms with E-state index in [9.17, 15) is 4.79 Å². The molecule has 1 amide bonds. The van der Waals surface area contributed by atoms with Gasteiger partial charge in [-0.3, -0.25) is 4.79 Å². The van der Waals surface area contributed by atoms with Gasteiger partial charge in [0.25, 0.3) is 5.91 Å². The molecule has 23 heavy (non-hydrogen) atoms. The van der Waals surface area contributed by atoms with E-state index in [0.29, 0.717) is 29.4 Å². The summed E-state index contributed by atoms with van der Waals surface area (Å²) in [7, 11) is 5.48. The van der Waals surface area contributed by atoms with Crippen LogP contribution in [-0.2, 0) is 6.54 Å². The van der Waals surface area contributed by atoms with Crippen molar-refractivity contribution < 1.29 is 9.53 Å². The highest BCUT2D eigenvalue weighted by molar-refractivity contribution is 6.30. The van der Waals surface area contributed by atoms with Gasteiger partial charge < -0.3 is 19.5 Å². The van der Waals surface area contributed by atoms with E-state index in [-0.39, 0.29) is 5.91 Å². The maximum Gasteiger partial charge on any atom is 0.258 e. The van der Waals surface area contributed by atoms with Crippen LogP contribution in [0.1, 0.15) is 16.1 Å². The summed E-state index contributed by atoms with van der Waals surface area (Å²) in [6.45, 7) is 1.81. The SMILES string of the molecule is COc1cc(Cl)ccc1C(=O)N(CCN(C)C)Cc1cnc[nH]1. The minimum absolute atomic E-state index is 0.102. The van der Waals surface area contributed by atoms with E-state index < -0.39 is 0 Å². The monoisotopic (exact) mass is 336 g/mol. The topological polar surface area (TPSA) is 61.5 Å². The normalized spacial score (nSPS) is 10.8. The maximum absolute atomic E-state index is 12.9. The second-order valence-electron chi connectivity index (χ2n) is 5.45. The van der Waals surface area contributed by atoms with Gasteiger partial charge in [-0.25, -0.2) is 4.98 Å². The van der Waals surface area contributed by atoms with Crippen LogP contribution in [0.5, 0.6) is 5.75 Å². The Bertz CT molecular complexity index is 644. The third kappa shape index (κ3) is 4.71. The predicted octanol–water partition coefficient (Wildman–Crippen LogP) is 2.28. The number of rotatable bonds is 7. The largest absolute Gasteiger partial charge is 0.496 e. The van der Waals surface area contributed by atoms with Gasteiger partial charge in [0.05, 0.1) is 31.2 Å². The molecule has 1 N–H and O–H groups in total. The smallest absolute Gasteiger partial charge is 0.258 e. The van der Waals surface area contributed by atoms with Crippen LogP contribution in [0.4, 0.5) is 0 Å². The Kier molecular flexibility index (Phi) is 6.01. The summed E-state index contributed by atoms with van der Waals surface area (Å²) in [5, 5.41) is 0.534. The van der Waals surface area contributed by atoms with Crippen LogP contribution in [-0.4, -0.2) is 60.0 Å². The van der Waals surface area contributed by atoms with E-state index >= 15 is 0 Å². The number of aromatic amines is 1. The first-order valence-electron chi connectivity index (χ1n) is 7.26. The number of amides is 1. The molecule has 0 bridgehead atoms. The highest BCUT2D eigenvalue weighted by atomic mass is 35.5. The Morgan fingerprint density at radius 1 is 1.35 bits per heavy atom. The Morgan fingerprint density at radius 3 is 2.74 bits per heavy atom. The third-order valence-corrected chi connectivity index (χ3v) is 3.65. The Balaban J connectivity index is 2.24. The minimum atomic E-state index is -0.102. The fraction of sp³-hybridized carbons (Fsp3) is 0.375. The molecular weight excluding hydrogens is 316 g/mol. The molecule has 0 aliphatic rings. The number of H-pyrrole nitrogens is 1. The van der Waals surface area contributed by atoms with Crippen molar-refractivity contribution in [2.75, 3.05) is 34.3 Å². The molecule has 0 spiro atoms. The van der Waals surface area contributed by atoms with Crippen LogP contribution < -0.4 is 4.74 Å². The van der Waals surface area contributed by atoms with Crippen LogP contribution in [0.25, 0.3) is 0 Å². The Labute approximate surface area is 141 Å². The van der Waals surface area contributed by atoms with Crippen molar-refractivity contribution in [3.8, 4) is 5.75 Å². The predicted molar refractivity (Wildman–Crippen MR) is 89.9 cm³/mol. The van der Waals surface area contributed by atoms with Crippen molar-refractivity contribution in [1.29, 1.82) is 0 Å². The number of imidazole rings is 1. The minimum Gasteiger partial charge on any atom is -0.496 e. The number of carbonyl (C=O) groups is 1. The van der Waals surface area contributed by atoms with Crippen molar-refractivity contribution >= 4 is 17.5 Å². The number of likely N-dealkylation sites (N-methyl/N-ethyl adjacent to an activating group) is 1. The molecular formula is C16H21ClN4O2. The van der Waals surface area contributed by atoms with E-state index in [2.05, 4.69) is 9.97 Å². The molecule has 1 aromatic carbocycles. The molecule has 0 fully saturated rings. The molecule has 6 nitrogen and oxygen atoms in total. The average molecular weight is 337 g/mol. The average Bonchev–Trinajstić information content (AvgIpc) is 3.03. The summed E-state index contributed by atoms with van der Waals surface area (Å²) < 4.78 is 5.30. The van der Waals surface area contributed by atoms with Gasteiger partial charge >= 0.3 is 0 Å². The van der Waals surface area contributed by atoms with E-state index in [4.69, 9.17) is 16.3 Å². The van der Waals surface area contributed by atoms with Crippen molar-refractivity contribution in [3.05, 3.63) is 47.0 Å². The zero-order chi connectivity index (χ0) is 16.8. The number of methoxy groups -OCH3 is 1. The van der Waals surface area contributed by atoms with Crippen LogP contribution in [0.3, 0.4) is 0 Å². The molecule has 0 aliphatic heterocycles. The van der Waals surface area contributed by atoms with Gasteiger partial charge in [0, 0.05) is 24.3 Å². The van der Waals surface area contributed by atoms with Crippen molar-refractivity contribution in [2.45, 2.75) is 6.54 Å². The van der Waals surface area contributed by atoms with Gasteiger partial charge in [-0.05, 0) is 32.3 Å². The quantitative estimate of drug-likeness (QED) is 0.842. The summed E-state index contributed by atoms with van der Waals surface area (Å²) in [4.78, 5) is 23.8. The summed E-state index contributed by atoms with van der Waals surface area (Å²) in [5.74, 6) is 0.372. The summed E-state index contributed by atoms with van der Waals surface area (Å²) in [6.07, 6.45) is 3.32. The van der Waals surface area contributed by atoms with Gasteiger partial charge in [0.15, 0.2) is 0 Å². The third-order valence-electron chi connectivity index (χ3n) is 3.41. The molecule has 0 aliphatic carbocycles. The van der Waals surface area contributed by atoms with Crippen LogP contribution in [0.15, 0.2) is 30.7 Å². The first-order chi connectivity index (χ1) is 11.0. The number of nitrogens with one attached hydrogen (secondary N) is 1. The molecule has 0 unspecified atom stereocenters. The van der Waals surface area contributed by atoms with Gasteiger partial charge in [0.2, 0.25) is 0 Å². The molecule has 0 radical (unpaired) electrons. The Morgan fingerprint density at radius 2 is 2.13 bits per heavy atom. The Hall–Kier alpha value is -2.05. The summed E-state index contributed by atoms with van der Waals surface area (Å²) in [6, 6.07) is 5.03.